The zero-order valence-corrected chi connectivity index (χ0v) is 9.39. The first-order valence-electron chi connectivity index (χ1n) is 4.99. The van der Waals surface area contributed by atoms with Crippen molar-refractivity contribution in [3.63, 3.8) is 0 Å². The van der Waals surface area contributed by atoms with Crippen LogP contribution in [-0.4, -0.2) is 37.2 Å². The third-order valence-corrected chi connectivity index (χ3v) is 1.76. The van der Waals surface area contributed by atoms with Gasteiger partial charge in [-0.25, -0.2) is 0 Å². The maximum atomic E-state index is 11.6. The molecule has 1 amide bonds. The molecule has 82 valence electrons. The average Bonchev–Trinajstić information content (AvgIpc) is 2.17. The van der Waals surface area contributed by atoms with E-state index in [0.29, 0.717) is 18.9 Å². The van der Waals surface area contributed by atoms with Gasteiger partial charge in [0.2, 0.25) is 0 Å². The summed E-state index contributed by atoms with van der Waals surface area (Å²) < 4.78 is 0. The molecule has 0 aliphatic carbocycles. The van der Waals surface area contributed by atoms with E-state index in [-0.39, 0.29) is 5.91 Å². The third-order valence-electron chi connectivity index (χ3n) is 1.76. The molecule has 0 atom stereocenters. The number of rotatable bonds is 7. The molecule has 0 saturated heterocycles. The molecule has 0 bridgehead atoms. The zero-order chi connectivity index (χ0) is 11.0. The van der Waals surface area contributed by atoms with Crippen molar-refractivity contribution in [3.05, 3.63) is 12.2 Å². The predicted octanol–water partition coefficient (Wildman–Crippen LogP) is 0.525. The van der Waals surface area contributed by atoms with Crippen LogP contribution >= 0.6 is 0 Å². The summed E-state index contributed by atoms with van der Waals surface area (Å²) in [6.07, 6.45) is 0. The van der Waals surface area contributed by atoms with E-state index in [1.807, 2.05) is 13.8 Å². The van der Waals surface area contributed by atoms with Crippen LogP contribution in [0.4, 0.5) is 0 Å². The number of carbonyl (C=O) groups is 1. The Morgan fingerprint density at radius 1 is 1.21 bits per heavy atom. The van der Waals surface area contributed by atoms with Crippen LogP contribution < -0.4 is 10.6 Å². The van der Waals surface area contributed by atoms with Gasteiger partial charge in [0.15, 0.2) is 0 Å². The maximum absolute atomic E-state index is 11.6. The summed E-state index contributed by atoms with van der Waals surface area (Å²) in [6, 6.07) is 0. The number of nitrogens with one attached hydrogen (secondary N) is 2. The van der Waals surface area contributed by atoms with Crippen LogP contribution in [0, 0.1) is 0 Å². The molecule has 0 heterocycles. The van der Waals surface area contributed by atoms with Gasteiger partial charge in [0.1, 0.15) is 0 Å². The van der Waals surface area contributed by atoms with Gasteiger partial charge in [0.05, 0.1) is 13.3 Å². The molecule has 0 aromatic heterocycles. The van der Waals surface area contributed by atoms with Crippen LogP contribution in [0.1, 0.15) is 20.8 Å². The average molecular weight is 199 g/mol. The molecule has 0 aliphatic rings. The SMILES string of the molecule is C=C(C)C(=O)N(CNCC)CNCC. The smallest absolute Gasteiger partial charge is 0.250 e. The van der Waals surface area contributed by atoms with Crippen molar-refractivity contribution in [1.82, 2.24) is 15.5 Å². The lowest BCUT2D eigenvalue weighted by atomic mass is 10.3. The van der Waals surface area contributed by atoms with Crippen molar-refractivity contribution >= 4 is 5.91 Å². The fourth-order valence-corrected chi connectivity index (χ4v) is 0.963. The molecule has 0 radical (unpaired) electrons. The molecule has 0 aromatic rings. The van der Waals surface area contributed by atoms with E-state index in [0.717, 1.165) is 13.1 Å². The minimum Gasteiger partial charge on any atom is -0.313 e. The summed E-state index contributed by atoms with van der Waals surface area (Å²) in [4.78, 5) is 13.3. The third kappa shape index (κ3) is 4.99. The van der Waals surface area contributed by atoms with Gasteiger partial charge in [-0.1, -0.05) is 20.4 Å². The lowest BCUT2D eigenvalue weighted by Crippen LogP contribution is -2.44. The highest BCUT2D eigenvalue weighted by Crippen LogP contribution is 1.95. The first-order valence-corrected chi connectivity index (χ1v) is 4.99. The van der Waals surface area contributed by atoms with Crippen molar-refractivity contribution in [3.8, 4) is 0 Å². The normalized spacial score (nSPS) is 9.93. The minimum absolute atomic E-state index is 0.00750. The van der Waals surface area contributed by atoms with Gasteiger partial charge in [-0.05, 0) is 20.0 Å². The number of nitrogens with zero attached hydrogens (tertiary/aromatic N) is 1. The van der Waals surface area contributed by atoms with Gasteiger partial charge in [-0.2, -0.15) is 0 Å². The lowest BCUT2D eigenvalue weighted by molar-refractivity contribution is -0.127. The van der Waals surface area contributed by atoms with Gasteiger partial charge in [0.25, 0.3) is 5.91 Å². The van der Waals surface area contributed by atoms with Gasteiger partial charge < -0.3 is 15.5 Å². The second-order valence-corrected chi connectivity index (χ2v) is 3.15. The van der Waals surface area contributed by atoms with E-state index in [1.54, 1.807) is 11.8 Å². The van der Waals surface area contributed by atoms with Crippen molar-refractivity contribution in [2.45, 2.75) is 20.8 Å². The van der Waals surface area contributed by atoms with Crippen molar-refractivity contribution in [2.75, 3.05) is 26.4 Å². The van der Waals surface area contributed by atoms with E-state index in [9.17, 15) is 4.79 Å². The zero-order valence-electron chi connectivity index (χ0n) is 9.39. The van der Waals surface area contributed by atoms with Crippen LogP contribution in [0.2, 0.25) is 0 Å². The summed E-state index contributed by atoms with van der Waals surface area (Å²) in [5.74, 6) is -0.00750. The van der Waals surface area contributed by atoms with E-state index >= 15 is 0 Å². The lowest BCUT2D eigenvalue weighted by Gasteiger charge is -2.23. The molecule has 4 nitrogen and oxygen atoms in total. The van der Waals surface area contributed by atoms with Crippen LogP contribution in [0.5, 0.6) is 0 Å². The molecule has 0 unspecified atom stereocenters. The number of hydrogen-bond acceptors (Lipinski definition) is 3. The van der Waals surface area contributed by atoms with Gasteiger partial charge in [0, 0.05) is 5.57 Å². The molecule has 0 spiro atoms. The van der Waals surface area contributed by atoms with E-state index in [2.05, 4.69) is 17.2 Å². The minimum atomic E-state index is -0.00750. The highest BCUT2D eigenvalue weighted by molar-refractivity contribution is 5.92. The Balaban J connectivity index is 4.08. The van der Waals surface area contributed by atoms with Crippen molar-refractivity contribution < 1.29 is 4.79 Å². The second-order valence-electron chi connectivity index (χ2n) is 3.15. The van der Waals surface area contributed by atoms with Crippen molar-refractivity contribution in [1.29, 1.82) is 0 Å². The summed E-state index contributed by atoms with van der Waals surface area (Å²) in [5, 5.41) is 6.23. The standard InChI is InChI=1S/C10H21N3O/c1-5-11-7-13(8-12-6-2)10(14)9(3)4/h11-12H,3,5-8H2,1-2,4H3. The Bertz CT molecular complexity index is 184. The van der Waals surface area contributed by atoms with E-state index in [4.69, 9.17) is 0 Å². The van der Waals surface area contributed by atoms with Crippen LogP contribution in [-0.2, 0) is 4.79 Å². The summed E-state index contributed by atoms with van der Waals surface area (Å²) >= 11 is 0. The summed E-state index contributed by atoms with van der Waals surface area (Å²) in [5.41, 5.74) is 0.570. The largest absolute Gasteiger partial charge is 0.313 e. The fourth-order valence-electron chi connectivity index (χ4n) is 0.963. The number of amides is 1. The Morgan fingerprint density at radius 3 is 1.93 bits per heavy atom. The van der Waals surface area contributed by atoms with E-state index < -0.39 is 0 Å². The van der Waals surface area contributed by atoms with Crippen LogP contribution in [0.3, 0.4) is 0 Å². The molecule has 4 heteroatoms. The monoisotopic (exact) mass is 199 g/mol. The van der Waals surface area contributed by atoms with Crippen LogP contribution in [0.25, 0.3) is 0 Å². The molecule has 0 fully saturated rings. The molecule has 0 aliphatic heterocycles. The highest BCUT2D eigenvalue weighted by Gasteiger charge is 2.11. The number of hydrogen-bond donors (Lipinski definition) is 2. The molecule has 0 saturated carbocycles. The topological polar surface area (TPSA) is 44.4 Å². The first-order chi connectivity index (χ1) is 6.63. The van der Waals surface area contributed by atoms with Gasteiger partial charge >= 0.3 is 0 Å². The van der Waals surface area contributed by atoms with Gasteiger partial charge in [-0.15, -0.1) is 0 Å². The molecule has 2 N–H and O–H groups in total. The molecule has 0 rings (SSSR count). The van der Waals surface area contributed by atoms with E-state index in [1.165, 1.54) is 0 Å². The Kier molecular flexibility index (Phi) is 7.06. The second kappa shape index (κ2) is 7.53. The Hall–Kier alpha value is -0.870. The summed E-state index contributed by atoms with van der Waals surface area (Å²) in [6.45, 7) is 12.2. The van der Waals surface area contributed by atoms with Crippen LogP contribution in [0.15, 0.2) is 12.2 Å². The molecular weight excluding hydrogens is 178 g/mol. The Labute approximate surface area is 86.4 Å². The molecular formula is C10H21N3O. The maximum Gasteiger partial charge on any atom is 0.250 e. The predicted molar refractivity (Wildman–Crippen MR) is 58.7 cm³/mol. The van der Waals surface area contributed by atoms with Gasteiger partial charge in [-0.3, -0.25) is 4.79 Å². The highest BCUT2D eigenvalue weighted by atomic mass is 16.2. The quantitative estimate of drug-likeness (QED) is 0.464. The molecule has 0 aromatic carbocycles. The molecule has 14 heavy (non-hydrogen) atoms. The fraction of sp³-hybridized carbons (Fsp3) is 0.700. The Morgan fingerprint density at radius 2 is 1.64 bits per heavy atom. The first kappa shape index (κ1) is 13.1. The summed E-state index contributed by atoms with van der Waals surface area (Å²) in [7, 11) is 0. The van der Waals surface area contributed by atoms with Crippen molar-refractivity contribution in [2.24, 2.45) is 0 Å². The number of carbonyl (C=O) groups excluding carboxylic acids is 1.